The minimum atomic E-state index is 0.811. The fourth-order valence-corrected chi connectivity index (χ4v) is 1.68. The Morgan fingerprint density at radius 3 is 2.29 bits per heavy atom. The lowest BCUT2D eigenvalue weighted by molar-refractivity contribution is 0.841. The van der Waals surface area contributed by atoms with E-state index in [4.69, 9.17) is 12.2 Å². The molecular weight excluding hydrogens is 192 g/mol. The van der Waals surface area contributed by atoms with Crippen LogP contribution in [-0.4, -0.2) is 9.78 Å². The van der Waals surface area contributed by atoms with Crippen LogP contribution >= 0.6 is 12.2 Å². The summed E-state index contributed by atoms with van der Waals surface area (Å²) < 4.78 is 2.82. The minimum absolute atomic E-state index is 0.811. The molecule has 0 radical (unpaired) electrons. The number of rotatable bonds is 1. The topological polar surface area (TPSA) is 20.7 Å². The Kier molecular flexibility index (Phi) is 2.25. The summed E-state index contributed by atoms with van der Waals surface area (Å²) in [5.74, 6) is 0. The lowest BCUT2D eigenvalue weighted by Crippen LogP contribution is -1.98. The largest absolute Gasteiger partial charge is 0.283 e. The molecule has 72 valence electrons. The standard InChI is InChI=1S/C11H12N2S/c1-8-9(2)13(12-11(8)14)10-6-4-3-5-7-10/h3-7H,1-2H3,(H,12,14). The predicted molar refractivity (Wildman–Crippen MR) is 60.4 cm³/mol. The van der Waals surface area contributed by atoms with E-state index < -0.39 is 0 Å². The molecule has 0 aliphatic rings. The summed E-state index contributed by atoms with van der Waals surface area (Å²) in [5.41, 5.74) is 3.43. The van der Waals surface area contributed by atoms with Gasteiger partial charge in [0.2, 0.25) is 0 Å². The second-order valence-corrected chi connectivity index (χ2v) is 3.73. The maximum absolute atomic E-state index is 5.19. The lowest BCUT2D eigenvalue weighted by atomic mass is 10.3. The van der Waals surface area contributed by atoms with Crippen molar-refractivity contribution in [3.8, 4) is 5.69 Å². The third-order valence-electron chi connectivity index (χ3n) is 2.45. The third-order valence-corrected chi connectivity index (χ3v) is 2.84. The van der Waals surface area contributed by atoms with Crippen LogP contribution < -0.4 is 0 Å². The van der Waals surface area contributed by atoms with Crippen molar-refractivity contribution < 1.29 is 0 Å². The summed E-state index contributed by atoms with van der Waals surface area (Å²) in [6.07, 6.45) is 0. The number of aromatic nitrogens is 2. The molecule has 0 bridgehead atoms. The zero-order chi connectivity index (χ0) is 10.1. The first-order chi connectivity index (χ1) is 6.70. The van der Waals surface area contributed by atoms with Gasteiger partial charge in [0.25, 0.3) is 0 Å². The summed E-state index contributed by atoms with van der Waals surface area (Å²) in [5, 5.41) is 3.16. The predicted octanol–water partition coefficient (Wildman–Crippen LogP) is 3.15. The Morgan fingerprint density at radius 1 is 1.14 bits per heavy atom. The molecule has 0 spiro atoms. The van der Waals surface area contributed by atoms with E-state index in [0.29, 0.717) is 0 Å². The van der Waals surface area contributed by atoms with E-state index in [0.717, 1.165) is 15.9 Å². The van der Waals surface area contributed by atoms with Gasteiger partial charge in [-0.1, -0.05) is 30.4 Å². The van der Waals surface area contributed by atoms with Gasteiger partial charge < -0.3 is 0 Å². The third kappa shape index (κ3) is 1.40. The van der Waals surface area contributed by atoms with Crippen molar-refractivity contribution in [3.63, 3.8) is 0 Å². The van der Waals surface area contributed by atoms with Crippen LogP contribution in [0.4, 0.5) is 0 Å². The van der Waals surface area contributed by atoms with Crippen LogP contribution in [0.15, 0.2) is 30.3 Å². The minimum Gasteiger partial charge on any atom is -0.283 e. The molecule has 0 atom stereocenters. The van der Waals surface area contributed by atoms with Gasteiger partial charge in [-0.3, -0.25) is 9.78 Å². The number of hydrogen-bond acceptors (Lipinski definition) is 1. The molecule has 2 rings (SSSR count). The zero-order valence-corrected chi connectivity index (χ0v) is 9.06. The van der Waals surface area contributed by atoms with Crippen molar-refractivity contribution >= 4 is 12.2 Å². The van der Waals surface area contributed by atoms with Gasteiger partial charge in [0.15, 0.2) is 0 Å². The van der Waals surface area contributed by atoms with Crippen LogP contribution in [0.5, 0.6) is 0 Å². The highest BCUT2D eigenvalue weighted by Crippen LogP contribution is 2.13. The molecule has 2 nitrogen and oxygen atoms in total. The molecule has 0 amide bonds. The first kappa shape index (κ1) is 9.21. The quantitative estimate of drug-likeness (QED) is 0.708. The SMILES string of the molecule is Cc1c(C)n(-c2ccccc2)[nH]c1=S. The monoisotopic (exact) mass is 204 g/mol. The maximum atomic E-state index is 5.19. The van der Waals surface area contributed by atoms with Crippen molar-refractivity contribution in [1.82, 2.24) is 9.78 Å². The van der Waals surface area contributed by atoms with Crippen molar-refractivity contribution in [2.75, 3.05) is 0 Å². The normalized spacial score (nSPS) is 10.4. The molecule has 14 heavy (non-hydrogen) atoms. The fraction of sp³-hybridized carbons (Fsp3) is 0.182. The van der Waals surface area contributed by atoms with Gasteiger partial charge in [0.1, 0.15) is 4.64 Å². The Balaban J connectivity index is 2.64. The number of nitrogens with zero attached hydrogens (tertiary/aromatic N) is 1. The number of aromatic amines is 1. The average molecular weight is 204 g/mol. The van der Waals surface area contributed by atoms with Crippen LogP contribution in [0.1, 0.15) is 11.3 Å². The number of para-hydroxylation sites is 1. The van der Waals surface area contributed by atoms with Crippen molar-refractivity contribution in [2.45, 2.75) is 13.8 Å². The van der Waals surface area contributed by atoms with Gasteiger partial charge >= 0.3 is 0 Å². The van der Waals surface area contributed by atoms with Crippen molar-refractivity contribution in [1.29, 1.82) is 0 Å². The average Bonchev–Trinajstić information content (AvgIpc) is 2.47. The number of hydrogen-bond donors (Lipinski definition) is 1. The summed E-state index contributed by atoms with van der Waals surface area (Å²) in [7, 11) is 0. The van der Waals surface area contributed by atoms with Gasteiger partial charge in [-0.25, -0.2) is 0 Å². The molecule has 0 saturated carbocycles. The molecule has 1 N–H and O–H groups in total. The van der Waals surface area contributed by atoms with E-state index >= 15 is 0 Å². The number of H-pyrrole nitrogens is 1. The van der Waals surface area contributed by atoms with Gasteiger partial charge in [-0.2, -0.15) is 0 Å². The lowest BCUT2D eigenvalue weighted by Gasteiger charge is -2.04. The van der Waals surface area contributed by atoms with Crippen LogP contribution in [-0.2, 0) is 0 Å². The van der Waals surface area contributed by atoms with E-state index in [2.05, 4.69) is 24.2 Å². The van der Waals surface area contributed by atoms with E-state index in [-0.39, 0.29) is 0 Å². The van der Waals surface area contributed by atoms with Gasteiger partial charge in [0.05, 0.1) is 5.69 Å². The molecule has 2 aromatic rings. The maximum Gasteiger partial charge on any atom is 0.122 e. The Labute approximate surface area is 88.2 Å². The summed E-state index contributed by atoms with van der Waals surface area (Å²) in [6, 6.07) is 10.1. The van der Waals surface area contributed by atoms with Crippen molar-refractivity contribution in [3.05, 3.63) is 46.2 Å². The molecule has 0 aliphatic carbocycles. The number of nitrogens with one attached hydrogen (secondary N) is 1. The van der Waals surface area contributed by atoms with Crippen LogP contribution in [0, 0.1) is 18.5 Å². The molecule has 0 unspecified atom stereocenters. The summed E-state index contributed by atoms with van der Waals surface area (Å²) >= 11 is 5.19. The number of benzene rings is 1. The Hall–Kier alpha value is -1.35. The Morgan fingerprint density at radius 2 is 1.79 bits per heavy atom. The van der Waals surface area contributed by atoms with Crippen LogP contribution in [0.25, 0.3) is 5.69 Å². The molecule has 1 heterocycles. The second-order valence-electron chi connectivity index (χ2n) is 3.32. The molecular formula is C11H12N2S. The molecule has 0 fully saturated rings. The molecule has 1 aromatic carbocycles. The van der Waals surface area contributed by atoms with Gasteiger partial charge in [-0.05, 0) is 26.0 Å². The van der Waals surface area contributed by atoms with Gasteiger partial charge in [-0.15, -0.1) is 0 Å². The van der Waals surface area contributed by atoms with Gasteiger partial charge in [0, 0.05) is 11.3 Å². The zero-order valence-electron chi connectivity index (χ0n) is 8.24. The molecule has 3 heteroatoms. The smallest absolute Gasteiger partial charge is 0.122 e. The Bertz CT molecular complexity index is 494. The first-order valence-electron chi connectivity index (χ1n) is 4.54. The highest BCUT2D eigenvalue weighted by atomic mass is 32.1. The van der Waals surface area contributed by atoms with Crippen molar-refractivity contribution in [2.24, 2.45) is 0 Å². The highest BCUT2D eigenvalue weighted by molar-refractivity contribution is 7.71. The molecule has 1 aromatic heterocycles. The van der Waals surface area contributed by atoms with E-state index in [1.165, 1.54) is 5.69 Å². The van der Waals surface area contributed by atoms with E-state index in [9.17, 15) is 0 Å². The highest BCUT2D eigenvalue weighted by Gasteiger charge is 2.04. The molecule has 0 aliphatic heterocycles. The first-order valence-corrected chi connectivity index (χ1v) is 4.94. The second kappa shape index (κ2) is 3.42. The van der Waals surface area contributed by atoms with E-state index in [1.54, 1.807) is 0 Å². The van der Waals surface area contributed by atoms with E-state index in [1.807, 2.05) is 29.8 Å². The summed E-state index contributed by atoms with van der Waals surface area (Å²) in [6.45, 7) is 4.10. The summed E-state index contributed by atoms with van der Waals surface area (Å²) in [4.78, 5) is 0. The van der Waals surface area contributed by atoms with Crippen LogP contribution in [0.3, 0.4) is 0 Å². The molecule has 0 saturated heterocycles. The van der Waals surface area contributed by atoms with Crippen LogP contribution in [0.2, 0.25) is 0 Å². The fourth-order valence-electron chi connectivity index (χ4n) is 1.44.